The van der Waals surface area contributed by atoms with E-state index in [0.29, 0.717) is 5.95 Å². The first-order valence-electron chi connectivity index (χ1n) is 10.3. The van der Waals surface area contributed by atoms with E-state index < -0.39 is 0 Å². The zero-order valence-corrected chi connectivity index (χ0v) is 16.3. The van der Waals surface area contributed by atoms with E-state index in [-0.39, 0.29) is 0 Å². The number of hydrogen-bond donors (Lipinski definition) is 1. The summed E-state index contributed by atoms with van der Waals surface area (Å²) < 4.78 is 0. The van der Waals surface area contributed by atoms with Crippen LogP contribution in [0.1, 0.15) is 49.7 Å². The lowest BCUT2D eigenvalue weighted by molar-refractivity contribution is 0.556. The van der Waals surface area contributed by atoms with Crippen LogP contribution >= 0.6 is 0 Å². The van der Waals surface area contributed by atoms with Crippen molar-refractivity contribution < 1.29 is 0 Å². The predicted molar refractivity (Wildman–Crippen MR) is 110 cm³/mol. The lowest BCUT2D eigenvalue weighted by Crippen LogP contribution is -2.34. The number of nitrogens with one attached hydrogen (secondary N) is 1. The van der Waals surface area contributed by atoms with Crippen molar-refractivity contribution in [3.8, 4) is 0 Å². The highest BCUT2D eigenvalue weighted by Gasteiger charge is 2.20. The van der Waals surface area contributed by atoms with E-state index in [1.54, 1.807) is 0 Å². The molecule has 0 saturated carbocycles. The summed E-state index contributed by atoms with van der Waals surface area (Å²) in [4.78, 5) is 19.0. The Bertz CT molecular complexity index is 714. The molecule has 1 N–H and O–H groups in total. The molecule has 4 rings (SSSR count). The third kappa shape index (κ3) is 4.67. The summed E-state index contributed by atoms with van der Waals surface area (Å²) in [6.45, 7) is 7.02. The van der Waals surface area contributed by atoms with Gasteiger partial charge < -0.3 is 15.1 Å². The SMILES string of the molecule is Cc1cccc(CNc2nc(N3CCCCC3)nc(N3CCCCC3)n2)c1. The van der Waals surface area contributed by atoms with Crippen LogP contribution in [0.2, 0.25) is 0 Å². The lowest BCUT2D eigenvalue weighted by Gasteiger charge is -2.30. The fourth-order valence-corrected chi connectivity index (χ4v) is 3.91. The molecule has 0 atom stereocenters. The summed E-state index contributed by atoms with van der Waals surface area (Å²) in [5, 5.41) is 3.43. The highest BCUT2D eigenvalue weighted by molar-refractivity contribution is 5.46. The summed E-state index contributed by atoms with van der Waals surface area (Å²) in [7, 11) is 0. The summed E-state index contributed by atoms with van der Waals surface area (Å²) in [5.74, 6) is 2.35. The molecule has 2 aliphatic rings. The normalized spacial score (nSPS) is 17.8. The molecule has 0 spiro atoms. The van der Waals surface area contributed by atoms with Gasteiger partial charge in [-0.25, -0.2) is 0 Å². The van der Waals surface area contributed by atoms with Crippen LogP contribution in [0.15, 0.2) is 24.3 Å². The van der Waals surface area contributed by atoms with Gasteiger partial charge in [-0.15, -0.1) is 0 Å². The molecule has 0 unspecified atom stereocenters. The molecule has 1 aromatic heterocycles. The molecule has 27 heavy (non-hydrogen) atoms. The third-order valence-electron chi connectivity index (χ3n) is 5.42. The maximum atomic E-state index is 4.84. The minimum Gasteiger partial charge on any atom is -0.350 e. The van der Waals surface area contributed by atoms with Crippen molar-refractivity contribution in [1.82, 2.24) is 15.0 Å². The molecule has 144 valence electrons. The fourth-order valence-electron chi connectivity index (χ4n) is 3.91. The van der Waals surface area contributed by atoms with Crippen LogP contribution < -0.4 is 15.1 Å². The Morgan fingerprint density at radius 1 is 0.815 bits per heavy atom. The first-order valence-corrected chi connectivity index (χ1v) is 10.3. The maximum absolute atomic E-state index is 4.84. The van der Waals surface area contributed by atoms with Crippen molar-refractivity contribution in [2.75, 3.05) is 41.3 Å². The molecule has 3 heterocycles. The van der Waals surface area contributed by atoms with E-state index in [1.807, 2.05) is 0 Å². The molecular weight excluding hydrogens is 336 g/mol. The Labute approximate surface area is 162 Å². The monoisotopic (exact) mass is 366 g/mol. The summed E-state index contributed by atoms with van der Waals surface area (Å²) in [6, 6.07) is 8.55. The molecule has 0 radical (unpaired) electrons. The number of rotatable bonds is 5. The third-order valence-corrected chi connectivity index (χ3v) is 5.42. The van der Waals surface area contributed by atoms with Crippen molar-refractivity contribution in [2.45, 2.75) is 52.0 Å². The van der Waals surface area contributed by atoms with E-state index in [4.69, 9.17) is 15.0 Å². The second-order valence-electron chi connectivity index (χ2n) is 7.70. The van der Waals surface area contributed by atoms with Crippen molar-refractivity contribution in [2.24, 2.45) is 0 Å². The predicted octanol–water partition coefficient (Wildman–Crippen LogP) is 3.77. The second-order valence-corrected chi connectivity index (χ2v) is 7.70. The second kappa shape index (κ2) is 8.55. The smallest absolute Gasteiger partial charge is 0.231 e. The minimum absolute atomic E-state index is 0.688. The van der Waals surface area contributed by atoms with Gasteiger partial charge in [0.2, 0.25) is 17.8 Å². The van der Waals surface area contributed by atoms with Gasteiger partial charge >= 0.3 is 0 Å². The molecule has 2 fully saturated rings. The van der Waals surface area contributed by atoms with E-state index in [9.17, 15) is 0 Å². The quantitative estimate of drug-likeness (QED) is 0.869. The summed E-state index contributed by atoms with van der Waals surface area (Å²) in [6.07, 6.45) is 7.49. The minimum atomic E-state index is 0.688. The molecule has 2 saturated heterocycles. The number of aryl methyl sites for hydroxylation is 1. The molecule has 6 heteroatoms. The number of nitrogens with zero attached hydrogens (tertiary/aromatic N) is 5. The Balaban J connectivity index is 1.56. The van der Waals surface area contributed by atoms with Crippen molar-refractivity contribution in [3.63, 3.8) is 0 Å². The highest BCUT2D eigenvalue weighted by atomic mass is 15.4. The molecule has 1 aromatic carbocycles. The van der Waals surface area contributed by atoms with Crippen LogP contribution in [0.5, 0.6) is 0 Å². The average molecular weight is 367 g/mol. The number of aromatic nitrogens is 3. The summed E-state index contributed by atoms with van der Waals surface area (Å²) in [5.41, 5.74) is 2.52. The van der Waals surface area contributed by atoms with Gasteiger partial charge in [-0.1, -0.05) is 29.8 Å². The van der Waals surface area contributed by atoms with Crippen molar-refractivity contribution >= 4 is 17.8 Å². The fraction of sp³-hybridized carbons (Fsp3) is 0.571. The van der Waals surface area contributed by atoms with Crippen LogP contribution in [0.4, 0.5) is 17.8 Å². The van der Waals surface area contributed by atoms with Gasteiger partial charge in [0.1, 0.15) is 0 Å². The zero-order chi connectivity index (χ0) is 18.5. The average Bonchev–Trinajstić information content (AvgIpc) is 2.73. The Hall–Kier alpha value is -2.37. The molecule has 2 aromatic rings. The van der Waals surface area contributed by atoms with E-state index in [0.717, 1.165) is 44.6 Å². The van der Waals surface area contributed by atoms with Gasteiger partial charge in [0.15, 0.2) is 0 Å². The largest absolute Gasteiger partial charge is 0.350 e. The molecule has 6 nitrogen and oxygen atoms in total. The van der Waals surface area contributed by atoms with Gasteiger partial charge in [0.05, 0.1) is 0 Å². The van der Waals surface area contributed by atoms with Crippen molar-refractivity contribution in [3.05, 3.63) is 35.4 Å². The Morgan fingerprint density at radius 2 is 1.41 bits per heavy atom. The van der Waals surface area contributed by atoms with E-state index >= 15 is 0 Å². The number of hydrogen-bond acceptors (Lipinski definition) is 6. The highest BCUT2D eigenvalue weighted by Crippen LogP contribution is 2.22. The van der Waals surface area contributed by atoms with Gasteiger partial charge in [-0.3, -0.25) is 0 Å². The molecule has 0 aliphatic carbocycles. The van der Waals surface area contributed by atoms with E-state index in [2.05, 4.69) is 46.3 Å². The molecule has 0 bridgehead atoms. The first kappa shape index (κ1) is 18.0. The van der Waals surface area contributed by atoms with Crippen LogP contribution in [-0.4, -0.2) is 41.1 Å². The molecular formula is C21H30N6. The van der Waals surface area contributed by atoms with Crippen LogP contribution in [-0.2, 0) is 6.54 Å². The summed E-state index contributed by atoms with van der Waals surface area (Å²) >= 11 is 0. The lowest BCUT2D eigenvalue weighted by atomic mass is 10.1. The van der Waals surface area contributed by atoms with Gasteiger partial charge in [-0.2, -0.15) is 15.0 Å². The van der Waals surface area contributed by atoms with Crippen molar-refractivity contribution in [1.29, 1.82) is 0 Å². The van der Waals surface area contributed by atoms with Gasteiger partial charge in [-0.05, 0) is 51.0 Å². The molecule has 0 amide bonds. The first-order chi connectivity index (χ1) is 13.3. The van der Waals surface area contributed by atoms with Gasteiger partial charge in [0, 0.05) is 32.7 Å². The Kier molecular flexibility index (Phi) is 5.70. The zero-order valence-electron chi connectivity index (χ0n) is 16.3. The number of benzene rings is 1. The topological polar surface area (TPSA) is 57.2 Å². The number of piperidine rings is 2. The number of anilines is 3. The standard InChI is InChI=1S/C21H30N6/c1-17-9-8-10-18(15-17)16-22-19-23-20(26-11-4-2-5-12-26)25-21(24-19)27-13-6-3-7-14-27/h8-10,15H,2-7,11-14,16H2,1H3,(H,22,23,24,25). The van der Waals surface area contributed by atoms with Crippen LogP contribution in [0, 0.1) is 6.92 Å². The Morgan fingerprint density at radius 3 is 1.96 bits per heavy atom. The van der Waals surface area contributed by atoms with E-state index in [1.165, 1.54) is 49.7 Å². The van der Waals surface area contributed by atoms with Crippen LogP contribution in [0.25, 0.3) is 0 Å². The molecule has 2 aliphatic heterocycles. The van der Waals surface area contributed by atoms with Gasteiger partial charge in [0.25, 0.3) is 0 Å². The van der Waals surface area contributed by atoms with Crippen LogP contribution in [0.3, 0.4) is 0 Å². The maximum Gasteiger partial charge on any atom is 0.231 e.